The first-order valence-corrected chi connectivity index (χ1v) is 7.47. The molecular formula is C14H21ClN2OS. The molecule has 1 aromatic carbocycles. The minimum atomic E-state index is 0. The molecule has 5 heteroatoms. The Hall–Kier alpha value is -0.710. The van der Waals surface area contributed by atoms with Gasteiger partial charge in [0.15, 0.2) is 0 Å². The smallest absolute Gasteiger partial charge is 0.233 e. The topological polar surface area (TPSA) is 41.1 Å². The van der Waals surface area contributed by atoms with Crippen molar-refractivity contribution in [3.8, 4) is 0 Å². The molecule has 2 rings (SSSR count). The number of carbonyl (C=O) groups is 1. The van der Waals surface area contributed by atoms with Crippen LogP contribution in [0.3, 0.4) is 0 Å². The van der Waals surface area contributed by atoms with E-state index in [1.807, 2.05) is 25.1 Å². The molecule has 1 aliphatic heterocycles. The first-order chi connectivity index (χ1) is 8.75. The van der Waals surface area contributed by atoms with Crippen LogP contribution in [0.4, 0.5) is 0 Å². The molecule has 2 N–H and O–H groups in total. The van der Waals surface area contributed by atoms with Crippen LogP contribution in [-0.4, -0.2) is 30.3 Å². The van der Waals surface area contributed by atoms with E-state index in [9.17, 15) is 4.79 Å². The van der Waals surface area contributed by atoms with E-state index in [2.05, 4.69) is 22.8 Å². The highest BCUT2D eigenvalue weighted by Crippen LogP contribution is 2.17. The maximum atomic E-state index is 12.0. The highest BCUT2D eigenvalue weighted by atomic mass is 35.5. The third kappa shape index (κ3) is 5.43. The predicted octanol–water partition coefficient (Wildman–Crippen LogP) is 2.21. The minimum Gasteiger partial charge on any atom is -0.351 e. The molecule has 1 amide bonds. The fourth-order valence-electron chi connectivity index (χ4n) is 1.97. The van der Waals surface area contributed by atoms with E-state index in [-0.39, 0.29) is 23.6 Å². The van der Waals surface area contributed by atoms with Crippen LogP contribution in [0.15, 0.2) is 30.3 Å². The quantitative estimate of drug-likeness (QED) is 0.876. The molecular weight excluding hydrogens is 280 g/mol. The van der Waals surface area contributed by atoms with Gasteiger partial charge in [-0.1, -0.05) is 30.3 Å². The monoisotopic (exact) mass is 300 g/mol. The number of benzene rings is 1. The van der Waals surface area contributed by atoms with Gasteiger partial charge >= 0.3 is 0 Å². The van der Waals surface area contributed by atoms with Crippen molar-refractivity contribution in [1.29, 1.82) is 0 Å². The molecule has 1 aliphatic rings. The molecule has 0 radical (unpaired) electrons. The lowest BCUT2D eigenvalue weighted by molar-refractivity contribution is -0.120. The fourth-order valence-corrected chi connectivity index (χ4v) is 2.82. The molecule has 19 heavy (non-hydrogen) atoms. The molecule has 0 saturated carbocycles. The lowest BCUT2D eigenvalue weighted by Gasteiger charge is -2.15. The van der Waals surface area contributed by atoms with Crippen molar-refractivity contribution in [2.75, 3.05) is 13.1 Å². The van der Waals surface area contributed by atoms with Gasteiger partial charge in [-0.25, -0.2) is 0 Å². The average Bonchev–Trinajstić information content (AvgIpc) is 2.90. The molecule has 1 fully saturated rings. The Morgan fingerprint density at radius 1 is 1.47 bits per heavy atom. The molecule has 3 nitrogen and oxygen atoms in total. The zero-order valence-corrected chi connectivity index (χ0v) is 12.7. The van der Waals surface area contributed by atoms with Gasteiger partial charge < -0.3 is 10.6 Å². The van der Waals surface area contributed by atoms with E-state index in [1.165, 1.54) is 5.56 Å². The maximum absolute atomic E-state index is 12.0. The van der Waals surface area contributed by atoms with Crippen LogP contribution in [0.2, 0.25) is 0 Å². The minimum absolute atomic E-state index is 0. The van der Waals surface area contributed by atoms with Crippen LogP contribution in [0.5, 0.6) is 0 Å². The van der Waals surface area contributed by atoms with Gasteiger partial charge in [-0.15, -0.1) is 24.2 Å². The summed E-state index contributed by atoms with van der Waals surface area (Å²) in [5, 5.41) is 6.35. The summed E-state index contributed by atoms with van der Waals surface area (Å²) in [6.07, 6.45) is 1.04. The Bertz CT molecular complexity index is 382. The lowest BCUT2D eigenvalue weighted by Crippen LogP contribution is -2.40. The van der Waals surface area contributed by atoms with E-state index in [0.29, 0.717) is 6.04 Å². The zero-order chi connectivity index (χ0) is 12.8. The molecule has 1 heterocycles. The van der Waals surface area contributed by atoms with Crippen LogP contribution in [-0.2, 0) is 10.5 Å². The summed E-state index contributed by atoms with van der Waals surface area (Å²) in [6, 6.07) is 10.6. The van der Waals surface area contributed by atoms with Gasteiger partial charge in [-0.05, 0) is 25.5 Å². The summed E-state index contributed by atoms with van der Waals surface area (Å²) in [6.45, 7) is 3.89. The average molecular weight is 301 g/mol. The third-order valence-corrected chi connectivity index (χ3v) is 4.33. The van der Waals surface area contributed by atoms with Crippen LogP contribution < -0.4 is 10.6 Å². The molecule has 0 aromatic heterocycles. The van der Waals surface area contributed by atoms with E-state index in [0.717, 1.165) is 25.3 Å². The SMILES string of the molecule is CC(SCc1ccccc1)C(=O)NC1CCNC1.Cl. The Morgan fingerprint density at radius 2 is 2.21 bits per heavy atom. The number of rotatable bonds is 5. The number of hydrogen-bond donors (Lipinski definition) is 2. The lowest BCUT2D eigenvalue weighted by atomic mass is 10.2. The molecule has 0 spiro atoms. The predicted molar refractivity (Wildman–Crippen MR) is 83.9 cm³/mol. The molecule has 2 atom stereocenters. The molecule has 0 bridgehead atoms. The van der Waals surface area contributed by atoms with Gasteiger partial charge in [0.1, 0.15) is 0 Å². The van der Waals surface area contributed by atoms with Crippen molar-refractivity contribution < 1.29 is 4.79 Å². The van der Waals surface area contributed by atoms with E-state index < -0.39 is 0 Å². The van der Waals surface area contributed by atoms with Crippen LogP contribution >= 0.6 is 24.2 Å². The molecule has 106 valence electrons. The summed E-state index contributed by atoms with van der Waals surface area (Å²) in [5.41, 5.74) is 1.27. The highest BCUT2D eigenvalue weighted by Gasteiger charge is 2.20. The highest BCUT2D eigenvalue weighted by molar-refractivity contribution is 7.99. The maximum Gasteiger partial charge on any atom is 0.233 e. The van der Waals surface area contributed by atoms with Crippen molar-refractivity contribution >= 4 is 30.1 Å². The van der Waals surface area contributed by atoms with Crippen LogP contribution in [0.1, 0.15) is 18.9 Å². The van der Waals surface area contributed by atoms with Crippen molar-refractivity contribution in [3.05, 3.63) is 35.9 Å². The fraction of sp³-hybridized carbons (Fsp3) is 0.500. The van der Waals surface area contributed by atoms with Gasteiger partial charge in [0.25, 0.3) is 0 Å². The van der Waals surface area contributed by atoms with Gasteiger partial charge in [-0.3, -0.25) is 4.79 Å². The number of halogens is 1. The zero-order valence-electron chi connectivity index (χ0n) is 11.1. The molecule has 1 aromatic rings. The first kappa shape index (κ1) is 16.3. The third-order valence-electron chi connectivity index (χ3n) is 3.12. The summed E-state index contributed by atoms with van der Waals surface area (Å²) in [4.78, 5) is 12.0. The first-order valence-electron chi connectivity index (χ1n) is 6.42. The number of carbonyl (C=O) groups excluding carboxylic acids is 1. The second kappa shape index (κ2) is 8.46. The van der Waals surface area contributed by atoms with Gasteiger partial charge in [0.05, 0.1) is 5.25 Å². The normalized spacial score (nSPS) is 19.5. The Balaban J connectivity index is 0.00000180. The number of hydrogen-bond acceptors (Lipinski definition) is 3. The van der Waals surface area contributed by atoms with E-state index in [1.54, 1.807) is 11.8 Å². The van der Waals surface area contributed by atoms with E-state index in [4.69, 9.17) is 0 Å². The van der Waals surface area contributed by atoms with Crippen LogP contribution in [0, 0.1) is 0 Å². The largest absolute Gasteiger partial charge is 0.351 e. The van der Waals surface area contributed by atoms with Crippen LogP contribution in [0.25, 0.3) is 0 Å². The summed E-state index contributed by atoms with van der Waals surface area (Å²) in [5.74, 6) is 1.04. The van der Waals surface area contributed by atoms with Gasteiger partial charge in [0, 0.05) is 18.3 Å². The number of amides is 1. The molecule has 2 unspecified atom stereocenters. The van der Waals surface area contributed by atoms with Gasteiger partial charge in [0.2, 0.25) is 5.91 Å². The van der Waals surface area contributed by atoms with Crippen molar-refractivity contribution in [1.82, 2.24) is 10.6 Å². The Kier molecular flexibility index (Phi) is 7.28. The summed E-state index contributed by atoms with van der Waals surface area (Å²) < 4.78 is 0. The standard InChI is InChI=1S/C14H20N2OS.ClH/c1-11(14(17)16-13-7-8-15-9-13)18-10-12-5-3-2-4-6-12;/h2-6,11,13,15H,7-10H2,1H3,(H,16,17);1H. The summed E-state index contributed by atoms with van der Waals surface area (Å²) in [7, 11) is 0. The van der Waals surface area contributed by atoms with E-state index >= 15 is 0 Å². The second-order valence-corrected chi connectivity index (χ2v) is 5.97. The van der Waals surface area contributed by atoms with Crippen molar-refractivity contribution in [2.24, 2.45) is 0 Å². The number of nitrogens with one attached hydrogen (secondary N) is 2. The molecule has 0 aliphatic carbocycles. The van der Waals surface area contributed by atoms with Crippen molar-refractivity contribution in [3.63, 3.8) is 0 Å². The Labute approximate surface area is 125 Å². The second-order valence-electron chi connectivity index (χ2n) is 4.64. The molecule has 1 saturated heterocycles. The summed E-state index contributed by atoms with van der Waals surface area (Å²) >= 11 is 1.69. The number of thioether (sulfide) groups is 1. The Morgan fingerprint density at radius 3 is 2.84 bits per heavy atom. The van der Waals surface area contributed by atoms with Gasteiger partial charge in [-0.2, -0.15) is 0 Å². The van der Waals surface area contributed by atoms with Crippen molar-refractivity contribution in [2.45, 2.75) is 30.4 Å².